The first kappa shape index (κ1) is 22.8. The minimum atomic E-state index is -3.23. The van der Waals surface area contributed by atoms with Crippen LogP contribution in [0.5, 0.6) is 0 Å². The molecule has 0 amide bonds. The lowest BCUT2D eigenvalue weighted by atomic mass is 10.3. The third-order valence-corrected chi connectivity index (χ3v) is 6.64. The van der Waals surface area contributed by atoms with Crippen molar-refractivity contribution in [2.24, 2.45) is 0 Å². The Kier molecular flexibility index (Phi) is 10.5. The van der Waals surface area contributed by atoms with E-state index in [-0.39, 0.29) is 6.61 Å². The van der Waals surface area contributed by atoms with Gasteiger partial charge in [0.2, 0.25) is 5.85 Å². The van der Waals surface area contributed by atoms with Crippen LogP contribution in [-0.4, -0.2) is 65.5 Å². The van der Waals surface area contributed by atoms with Gasteiger partial charge in [-0.05, 0) is 33.1 Å². The largest absolute Gasteiger partial charge is 0.467 e. The van der Waals surface area contributed by atoms with Crippen molar-refractivity contribution in [3.63, 3.8) is 0 Å². The van der Waals surface area contributed by atoms with Gasteiger partial charge in [0.05, 0.1) is 7.11 Å². The summed E-state index contributed by atoms with van der Waals surface area (Å²) in [7, 11) is -2.14. The van der Waals surface area contributed by atoms with Crippen LogP contribution in [0, 0.1) is 0 Å². The second-order valence-corrected chi connectivity index (χ2v) is 11.1. The molecule has 8 nitrogen and oxygen atoms in total. The Morgan fingerprint density at radius 1 is 0.957 bits per heavy atom. The third kappa shape index (κ3) is 7.92. The van der Waals surface area contributed by atoms with Crippen LogP contribution in [0.2, 0.25) is 0 Å². The van der Waals surface area contributed by atoms with Gasteiger partial charge >= 0.3 is 13.6 Å². The first-order valence-corrected chi connectivity index (χ1v) is 11.5. The van der Waals surface area contributed by atoms with Gasteiger partial charge in [0.15, 0.2) is 5.85 Å². The second-order valence-electron chi connectivity index (χ2n) is 5.26. The molecule has 0 rings (SSSR count). The molecule has 0 bridgehead atoms. The average molecular weight is 374 g/mol. The molecule has 0 radical (unpaired) electrons. The van der Waals surface area contributed by atoms with Crippen LogP contribution >= 0.6 is 14.7 Å². The van der Waals surface area contributed by atoms with Crippen LogP contribution in [0.3, 0.4) is 0 Å². The molecule has 0 heterocycles. The maximum atomic E-state index is 12.0. The van der Waals surface area contributed by atoms with Gasteiger partial charge < -0.3 is 27.8 Å². The van der Waals surface area contributed by atoms with Crippen LogP contribution in [-0.2, 0) is 37.2 Å². The molecular formula is C13H28O8P2. The van der Waals surface area contributed by atoms with Crippen molar-refractivity contribution in [1.29, 1.82) is 0 Å². The van der Waals surface area contributed by atoms with E-state index in [0.29, 0.717) is 19.4 Å². The standard InChI is InChI=1S/C13H28O8P2/c1-11(23(16,18-3)19-4)20-9-7-8-10-21-13(12(14)17-2)22(5,6)15/h11,13H,7-10H2,1-6H3. The predicted octanol–water partition coefficient (Wildman–Crippen LogP) is 2.75. The SMILES string of the molecule is COC(=O)C(OCCCCOC(C)P(=O)(OC)OC)P(C)(C)=O. The summed E-state index contributed by atoms with van der Waals surface area (Å²) < 4.78 is 49.1. The molecule has 0 aliphatic carbocycles. The fourth-order valence-electron chi connectivity index (χ4n) is 1.72. The molecule has 0 saturated heterocycles. The van der Waals surface area contributed by atoms with Crippen molar-refractivity contribution in [3.05, 3.63) is 0 Å². The Bertz CT molecular complexity index is 439. The fraction of sp³-hybridized carbons (Fsp3) is 0.923. The van der Waals surface area contributed by atoms with E-state index in [1.165, 1.54) is 34.7 Å². The van der Waals surface area contributed by atoms with E-state index < -0.39 is 32.4 Å². The Morgan fingerprint density at radius 3 is 1.83 bits per heavy atom. The van der Waals surface area contributed by atoms with E-state index in [1.807, 2.05) is 0 Å². The van der Waals surface area contributed by atoms with Gasteiger partial charge in [-0.3, -0.25) is 4.57 Å². The highest BCUT2D eigenvalue weighted by Gasteiger charge is 2.32. The molecule has 10 heteroatoms. The molecule has 138 valence electrons. The molecule has 0 aromatic carbocycles. The monoisotopic (exact) mass is 374 g/mol. The summed E-state index contributed by atoms with van der Waals surface area (Å²) in [5.41, 5.74) is 0. The van der Waals surface area contributed by atoms with E-state index >= 15 is 0 Å². The van der Waals surface area contributed by atoms with Crippen molar-refractivity contribution in [2.45, 2.75) is 31.5 Å². The van der Waals surface area contributed by atoms with E-state index in [0.717, 1.165) is 0 Å². The zero-order valence-corrected chi connectivity index (χ0v) is 16.4. The summed E-state index contributed by atoms with van der Waals surface area (Å²) in [6.45, 7) is 5.15. The molecule has 0 spiro atoms. The molecular weight excluding hydrogens is 346 g/mol. The Morgan fingerprint density at radius 2 is 1.43 bits per heavy atom. The fourth-order valence-corrected chi connectivity index (χ4v) is 3.83. The van der Waals surface area contributed by atoms with Crippen LogP contribution in [0.4, 0.5) is 0 Å². The highest BCUT2D eigenvalue weighted by atomic mass is 31.2. The number of unbranched alkanes of at least 4 members (excludes halogenated alkanes) is 1. The molecule has 23 heavy (non-hydrogen) atoms. The summed E-state index contributed by atoms with van der Waals surface area (Å²) >= 11 is 0. The van der Waals surface area contributed by atoms with Crippen LogP contribution in [0.15, 0.2) is 0 Å². The lowest BCUT2D eigenvalue weighted by Gasteiger charge is -2.21. The van der Waals surface area contributed by atoms with Crippen molar-refractivity contribution in [1.82, 2.24) is 0 Å². The number of rotatable bonds is 12. The highest BCUT2D eigenvalue weighted by Crippen LogP contribution is 2.51. The lowest BCUT2D eigenvalue weighted by molar-refractivity contribution is -0.148. The zero-order valence-electron chi connectivity index (χ0n) is 14.6. The summed E-state index contributed by atoms with van der Waals surface area (Å²) in [5.74, 6) is -2.35. The van der Waals surface area contributed by atoms with Gasteiger partial charge in [-0.1, -0.05) is 0 Å². The lowest BCUT2D eigenvalue weighted by Crippen LogP contribution is -2.25. The first-order chi connectivity index (χ1) is 10.6. The third-order valence-electron chi connectivity index (χ3n) is 3.10. The van der Waals surface area contributed by atoms with Crippen molar-refractivity contribution in [2.75, 3.05) is 47.9 Å². The molecule has 0 aliphatic rings. The smallest absolute Gasteiger partial charge is 0.358 e. The zero-order chi connectivity index (χ0) is 18.1. The minimum absolute atomic E-state index is 0.245. The Balaban J connectivity index is 4.11. The highest BCUT2D eigenvalue weighted by molar-refractivity contribution is 7.63. The number of esters is 1. The summed E-state index contributed by atoms with van der Waals surface area (Å²) in [4.78, 5) is 11.5. The van der Waals surface area contributed by atoms with E-state index in [1.54, 1.807) is 6.92 Å². The van der Waals surface area contributed by atoms with E-state index in [4.69, 9.17) is 18.5 Å². The van der Waals surface area contributed by atoms with Gasteiger partial charge in [0.25, 0.3) is 0 Å². The summed E-state index contributed by atoms with van der Waals surface area (Å²) in [6, 6.07) is 0. The Labute approximate surface area is 138 Å². The van der Waals surface area contributed by atoms with Crippen molar-refractivity contribution < 1.29 is 37.2 Å². The molecule has 0 aromatic heterocycles. The van der Waals surface area contributed by atoms with Crippen molar-refractivity contribution in [3.8, 4) is 0 Å². The van der Waals surface area contributed by atoms with Gasteiger partial charge in [-0.2, -0.15) is 0 Å². The number of hydrogen-bond donors (Lipinski definition) is 0. The average Bonchev–Trinajstić information content (AvgIpc) is 2.51. The van der Waals surface area contributed by atoms with Crippen LogP contribution < -0.4 is 0 Å². The minimum Gasteiger partial charge on any atom is -0.467 e. The molecule has 0 aliphatic heterocycles. The van der Waals surface area contributed by atoms with Gasteiger partial charge in [0.1, 0.15) is 7.14 Å². The molecule has 0 fully saturated rings. The molecule has 0 N–H and O–H groups in total. The van der Waals surface area contributed by atoms with Gasteiger partial charge in [-0.25, -0.2) is 4.79 Å². The molecule has 2 unspecified atom stereocenters. The normalized spacial score (nSPS) is 15.2. The maximum Gasteiger partial charge on any atom is 0.358 e. The van der Waals surface area contributed by atoms with E-state index in [2.05, 4.69) is 4.74 Å². The van der Waals surface area contributed by atoms with Gasteiger partial charge in [0, 0.05) is 27.4 Å². The van der Waals surface area contributed by atoms with Crippen LogP contribution in [0.25, 0.3) is 0 Å². The Hall–Kier alpha value is -0.230. The quantitative estimate of drug-likeness (QED) is 0.292. The number of methoxy groups -OCH3 is 1. The van der Waals surface area contributed by atoms with Crippen molar-refractivity contribution >= 4 is 20.7 Å². The number of ether oxygens (including phenoxy) is 3. The first-order valence-electron chi connectivity index (χ1n) is 7.19. The number of carbonyl (C=O) groups is 1. The molecule has 0 aromatic rings. The van der Waals surface area contributed by atoms with Crippen LogP contribution in [0.1, 0.15) is 19.8 Å². The topological polar surface area (TPSA) is 97.4 Å². The number of carbonyl (C=O) groups excluding carboxylic acids is 1. The maximum absolute atomic E-state index is 12.0. The van der Waals surface area contributed by atoms with Gasteiger partial charge in [-0.15, -0.1) is 0 Å². The summed E-state index contributed by atoms with van der Waals surface area (Å²) in [5, 5.41) is 0. The predicted molar refractivity (Wildman–Crippen MR) is 87.5 cm³/mol. The second kappa shape index (κ2) is 10.6. The number of hydrogen-bond acceptors (Lipinski definition) is 8. The summed E-state index contributed by atoms with van der Waals surface area (Å²) in [6.07, 6.45) is 1.20. The van der Waals surface area contributed by atoms with E-state index in [9.17, 15) is 13.9 Å². The molecule has 0 saturated carbocycles. The molecule has 2 atom stereocenters.